The number of hydrogen-bond donors (Lipinski definition) is 0. The van der Waals surface area contributed by atoms with Crippen LogP contribution in [0.2, 0.25) is 0 Å². The minimum absolute atomic E-state index is 0.836. The lowest BCUT2D eigenvalue weighted by molar-refractivity contribution is 0.393. The van der Waals surface area contributed by atoms with Gasteiger partial charge in [-0.2, -0.15) is 0 Å². The Bertz CT molecular complexity index is 845. The van der Waals surface area contributed by atoms with Crippen LogP contribution in [0.1, 0.15) is 22.3 Å². The first-order chi connectivity index (χ1) is 13.7. The number of ether oxygens (including phenoxy) is 3. The molecule has 0 radical (unpaired) electrons. The molecule has 0 aliphatic heterocycles. The zero-order valence-corrected chi connectivity index (χ0v) is 16.9. The van der Waals surface area contributed by atoms with Gasteiger partial charge in [0, 0.05) is 6.07 Å². The highest BCUT2D eigenvalue weighted by molar-refractivity contribution is 5.39. The predicted molar refractivity (Wildman–Crippen MR) is 114 cm³/mol. The van der Waals surface area contributed by atoms with E-state index in [9.17, 15) is 0 Å². The molecule has 3 aromatic carbocycles. The van der Waals surface area contributed by atoms with E-state index < -0.39 is 0 Å². The summed E-state index contributed by atoms with van der Waals surface area (Å²) < 4.78 is 15.9. The quantitative estimate of drug-likeness (QED) is 0.508. The average Bonchev–Trinajstić information content (AvgIpc) is 2.77. The van der Waals surface area contributed by atoms with Gasteiger partial charge in [-0.3, -0.25) is 0 Å². The van der Waals surface area contributed by atoms with E-state index in [4.69, 9.17) is 14.2 Å². The molecule has 3 rings (SSSR count). The van der Waals surface area contributed by atoms with Gasteiger partial charge in [-0.25, -0.2) is 0 Å². The summed E-state index contributed by atoms with van der Waals surface area (Å²) in [6.45, 7) is 0. The van der Waals surface area contributed by atoms with Gasteiger partial charge in [0.25, 0.3) is 0 Å². The van der Waals surface area contributed by atoms with Crippen molar-refractivity contribution >= 4 is 0 Å². The van der Waals surface area contributed by atoms with Crippen molar-refractivity contribution in [3.8, 4) is 17.2 Å². The molecule has 0 saturated heterocycles. The van der Waals surface area contributed by atoms with E-state index in [1.807, 2.05) is 18.2 Å². The minimum Gasteiger partial charge on any atom is -0.497 e. The molecule has 0 aliphatic rings. The predicted octanol–water partition coefficient (Wildman–Crippen LogP) is 5.28. The Labute approximate surface area is 167 Å². The van der Waals surface area contributed by atoms with Gasteiger partial charge in [0.15, 0.2) is 0 Å². The number of methoxy groups -OCH3 is 3. The summed E-state index contributed by atoms with van der Waals surface area (Å²) in [7, 11) is 5.06. The van der Waals surface area contributed by atoms with Crippen molar-refractivity contribution in [1.29, 1.82) is 0 Å². The fraction of sp³-hybridized carbons (Fsp3) is 0.280. The lowest BCUT2D eigenvalue weighted by atomic mass is 10.00. The zero-order valence-electron chi connectivity index (χ0n) is 16.9. The molecule has 0 bridgehead atoms. The van der Waals surface area contributed by atoms with Crippen LogP contribution in [0.25, 0.3) is 0 Å². The van der Waals surface area contributed by atoms with Crippen molar-refractivity contribution in [2.24, 2.45) is 0 Å². The van der Waals surface area contributed by atoms with Gasteiger partial charge in [-0.1, -0.05) is 36.4 Å². The first kappa shape index (κ1) is 19.8. The van der Waals surface area contributed by atoms with Crippen molar-refractivity contribution in [2.45, 2.75) is 25.7 Å². The van der Waals surface area contributed by atoms with E-state index in [1.165, 1.54) is 22.3 Å². The zero-order chi connectivity index (χ0) is 19.8. The molecule has 0 fully saturated rings. The summed E-state index contributed by atoms with van der Waals surface area (Å²) in [4.78, 5) is 0. The van der Waals surface area contributed by atoms with Gasteiger partial charge in [0.05, 0.1) is 21.3 Å². The Morgan fingerprint density at radius 3 is 1.18 bits per heavy atom. The number of aryl methyl sites for hydroxylation is 4. The molecule has 3 heteroatoms. The van der Waals surface area contributed by atoms with Gasteiger partial charge < -0.3 is 14.2 Å². The third-order valence-electron chi connectivity index (χ3n) is 5.00. The molecule has 0 saturated carbocycles. The fourth-order valence-corrected chi connectivity index (χ4v) is 3.25. The van der Waals surface area contributed by atoms with E-state index in [0.717, 1.165) is 42.9 Å². The second-order valence-corrected chi connectivity index (χ2v) is 6.89. The van der Waals surface area contributed by atoms with E-state index in [-0.39, 0.29) is 0 Å². The Hall–Kier alpha value is -2.94. The van der Waals surface area contributed by atoms with Crippen LogP contribution in [0.15, 0.2) is 66.7 Å². The Morgan fingerprint density at radius 2 is 0.786 bits per heavy atom. The maximum absolute atomic E-state index is 5.35. The fourth-order valence-electron chi connectivity index (χ4n) is 3.25. The average molecular weight is 376 g/mol. The van der Waals surface area contributed by atoms with Crippen LogP contribution in [-0.4, -0.2) is 21.3 Å². The van der Waals surface area contributed by atoms with Gasteiger partial charge in [0.1, 0.15) is 17.2 Å². The summed E-state index contributed by atoms with van der Waals surface area (Å²) in [5.74, 6) is 2.58. The molecule has 0 aromatic heterocycles. The van der Waals surface area contributed by atoms with E-state index >= 15 is 0 Å². The molecule has 146 valence electrons. The third kappa shape index (κ3) is 5.53. The van der Waals surface area contributed by atoms with Gasteiger partial charge in [-0.15, -0.1) is 0 Å². The van der Waals surface area contributed by atoms with Gasteiger partial charge in [-0.05, 0) is 72.2 Å². The number of rotatable bonds is 9. The molecular weight excluding hydrogens is 348 g/mol. The molecule has 0 atom stereocenters. The highest BCUT2D eigenvalue weighted by atomic mass is 16.5. The van der Waals surface area contributed by atoms with Crippen molar-refractivity contribution in [1.82, 2.24) is 0 Å². The number of benzene rings is 3. The molecule has 3 aromatic rings. The molecule has 0 aliphatic carbocycles. The van der Waals surface area contributed by atoms with Gasteiger partial charge in [0.2, 0.25) is 0 Å². The summed E-state index contributed by atoms with van der Waals surface area (Å²) >= 11 is 0. The number of hydrogen-bond acceptors (Lipinski definition) is 3. The summed E-state index contributed by atoms with van der Waals surface area (Å²) in [6, 6.07) is 23.3. The van der Waals surface area contributed by atoms with Crippen molar-refractivity contribution < 1.29 is 14.2 Å². The maximum atomic E-state index is 5.35. The molecule has 0 N–H and O–H groups in total. The molecular formula is C25H28O3. The van der Waals surface area contributed by atoms with Crippen molar-refractivity contribution in [3.05, 3.63) is 89.0 Å². The first-order valence-electron chi connectivity index (χ1n) is 9.63. The largest absolute Gasteiger partial charge is 0.497 e. The van der Waals surface area contributed by atoms with E-state index in [2.05, 4.69) is 48.5 Å². The molecule has 0 amide bonds. The third-order valence-corrected chi connectivity index (χ3v) is 5.00. The van der Waals surface area contributed by atoms with Crippen LogP contribution >= 0.6 is 0 Å². The smallest absolute Gasteiger partial charge is 0.122 e. The highest BCUT2D eigenvalue weighted by Crippen LogP contribution is 2.23. The maximum Gasteiger partial charge on any atom is 0.122 e. The van der Waals surface area contributed by atoms with E-state index in [0.29, 0.717) is 0 Å². The van der Waals surface area contributed by atoms with Crippen LogP contribution < -0.4 is 14.2 Å². The van der Waals surface area contributed by atoms with Crippen LogP contribution in [0.5, 0.6) is 17.2 Å². The topological polar surface area (TPSA) is 27.7 Å². The summed E-state index contributed by atoms with van der Waals surface area (Å²) in [5, 5.41) is 0. The monoisotopic (exact) mass is 376 g/mol. The van der Waals surface area contributed by atoms with Crippen LogP contribution in [0.3, 0.4) is 0 Å². The Morgan fingerprint density at radius 1 is 0.429 bits per heavy atom. The van der Waals surface area contributed by atoms with E-state index in [1.54, 1.807) is 21.3 Å². The Kier molecular flexibility index (Phi) is 6.96. The lowest BCUT2D eigenvalue weighted by Crippen LogP contribution is -1.96. The second kappa shape index (κ2) is 9.84. The van der Waals surface area contributed by atoms with Gasteiger partial charge >= 0.3 is 0 Å². The molecule has 0 unspecified atom stereocenters. The minimum atomic E-state index is 0.836. The first-order valence-corrected chi connectivity index (χ1v) is 9.63. The SMILES string of the molecule is COc1ccc(CCc2ccc(CCc3cc(OC)cc(OC)c3)cc2)cc1. The highest BCUT2D eigenvalue weighted by Gasteiger charge is 2.03. The standard InChI is InChI=1S/C25H28O3/c1-26-23-14-12-21(13-15-23)9-8-19-4-6-20(7-5-19)10-11-22-16-24(27-2)18-25(17-22)28-3/h4-7,12-18H,8-11H2,1-3H3. The van der Waals surface area contributed by atoms with Crippen LogP contribution in [-0.2, 0) is 25.7 Å². The second-order valence-electron chi connectivity index (χ2n) is 6.89. The molecule has 0 heterocycles. The van der Waals surface area contributed by atoms with Crippen molar-refractivity contribution in [3.63, 3.8) is 0 Å². The molecule has 28 heavy (non-hydrogen) atoms. The van der Waals surface area contributed by atoms with Crippen molar-refractivity contribution in [2.75, 3.05) is 21.3 Å². The normalized spacial score (nSPS) is 10.5. The van der Waals surface area contributed by atoms with Crippen LogP contribution in [0.4, 0.5) is 0 Å². The lowest BCUT2D eigenvalue weighted by Gasteiger charge is -2.09. The molecule has 0 spiro atoms. The Balaban J connectivity index is 1.54. The van der Waals surface area contributed by atoms with Crippen LogP contribution in [0, 0.1) is 0 Å². The summed E-state index contributed by atoms with van der Waals surface area (Å²) in [6.07, 6.45) is 4.03. The molecule has 3 nitrogen and oxygen atoms in total. The summed E-state index contributed by atoms with van der Waals surface area (Å²) in [5.41, 5.74) is 5.26.